The molecule has 0 aromatic heterocycles. The van der Waals surface area contributed by atoms with Gasteiger partial charge in [0, 0.05) is 40.5 Å². The Kier molecular flexibility index (Phi) is 16.1. The number of unbranched alkanes of at least 4 members (excludes halogenated alkanes) is 1. The SMILES string of the molecule is CCCN(CCC)CCN(CCCC[Si](OC)(OC)OC)[Si](CC)(CC)CC. The first-order valence-electron chi connectivity index (χ1n) is 11.6. The third kappa shape index (κ3) is 8.94. The summed E-state index contributed by atoms with van der Waals surface area (Å²) in [6.07, 6.45) is 4.79. The highest BCUT2D eigenvalue weighted by Gasteiger charge is 2.38. The first-order valence-corrected chi connectivity index (χ1v) is 16.1. The summed E-state index contributed by atoms with van der Waals surface area (Å²) in [7, 11) is 1.35. The smallest absolute Gasteiger partial charge is 0.377 e. The minimum Gasteiger partial charge on any atom is -0.377 e. The molecule has 28 heavy (non-hydrogen) atoms. The quantitative estimate of drug-likeness (QED) is 0.209. The molecule has 0 unspecified atom stereocenters. The average Bonchev–Trinajstić information content (AvgIpc) is 2.73. The Morgan fingerprint density at radius 1 is 0.607 bits per heavy atom. The van der Waals surface area contributed by atoms with Crippen molar-refractivity contribution in [3.8, 4) is 0 Å². The second-order valence-electron chi connectivity index (χ2n) is 7.87. The van der Waals surface area contributed by atoms with Crippen molar-refractivity contribution in [1.82, 2.24) is 9.47 Å². The lowest BCUT2D eigenvalue weighted by molar-refractivity contribution is 0.122. The van der Waals surface area contributed by atoms with Crippen LogP contribution in [0.1, 0.15) is 60.3 Å². The zero-order valence-electron chi connectivity index (χ0n) is 20.3. The van der Waals surface area contributed by atoms with Crippen LogP contribution >= 0.6 is 0 Å². The van der Waals surface area contributed by atoms with E-state index in [1.54, 1.807) is 21.3 Å². The molecule has 0 rings (SSSR count). The van der Waals surface area contributed by atoms with Gasteiger partial charge in [0.05, 0.1) is 0 Å². The lowest BCUT2D eigenvalue weighted by Crippen LogP contribution is -2.54. The van der Waals surface area contributed by atoms with E-state index in [9.17, 15) is 0 Å². The van der Waals surface area contributed by atoms with Gasteiger partial charge in [-0.05, 0) is 63.4 Å². The summed E-state index contributed by atoms with van der Waals surface area (Å²) in [5, 5.41) is 0. The van der Waals surface area contributed by atoms with Crippen LogP contribution in [0.2, 0.25) is 24.2 Å². The molecule has 0 aromatic rings. The molecule has 0 fully saturated rings. The monoisotopic (exact) mass is 434 g/mol. The van der Waals surface area contributed by atoms with Crippen LogP contribution in [0.5, 0.6) is 0 Å². The summed E-state index contributed by atoms with van der Waals surface area (Å²) in [4.78, 5) is 2.66. The molecule has 0 aliphatic rings. The Balaban J connectivity index is 4.95. The lowest BCUT2D eigenvalue weighted by Gasteiger charge is -2.42. The van der Waals surface area contributed by atoms with Gasteiger partial charge < -0.3 is 22.7 Å². The van der Waals surface area contributed by atoms with Crippen molar-refractivity contribution in [3.63, 3.8) is 0 Å². The Hall–Kier alpha value is 0.234. The fourth-order valence-corrected chi connectivity index (χ4v) is 10.3. The Labute approximate surface area is 178 Å². The zero-order valence-corrected chi connectivity index (χ0v) is 22.3. The fourth-order valence-electron chi connectivity index (χ4n) is 4.44. The molecule has 0 heterocycles. The molecular weight excluding hydrogens is 384 g/mol. The molecule has 0 aliphatic carbocycles. The number of hydrogen-bond donors (Lipinski definition) is 0. The van der Waals surface area contributed by atoms with E-state index in [0.717, 1.165) is 12.5 Å². The molecule has 0 saturated heterocycles. The van der Waals surface area contributed by atoms with Gasteiger partial charge in [0.2, 0.25) is 0 Å². The van der Waals surface area contributed by atoms with E-state index in [1.165, 1.54) is 70.1 Å². The minimum absolute atomic E-state index is 0.904. The molecule has 170 valence electrons. The molecule has 0 atom stereocenters. The van der Waals surface area contributed by atoms with Gasteiger partial charge in [-0.2, -0.15) is 0 Å². The van der Waals surface area contributed by atoms with Crippen molar-refractivity contribution in [3.05, 3.63) is 0 Å². The molecule has 5 nitrogen and oxygen atoms in total. The van der Waals surface area contributed by atoms with E-state index in [0.29, 0.717) is 0 Å². The fraction of sp³-hybridized carbons (Fsp3) is 1.00. The Morgan fingerprint density at radius 3 is 1.50 bits per heavy atom. The van der Waals surface area contributed by atoms with Gasteiger partial charge in [-0.1, -0.05) is 34.6 Å². The summed E-state index contributed by atoms with van der Waals surface area (Å²) in [5.41, 5.74) is 0. The maximum atomic E-state index is 5.59. The topological polar surface area (TPSA) is 34.2 Å². The van der Waals surface area contributed by atoms with Gasteiger partial charge in [0.15, 0.2) is 0 Å². The van der Waals surface area contributed by atoms with Crippen molar-refractivity contribution in [1.29, 1.82) is 0 Å². The highest BCUT2D eigenvalue weighted by molar-refractivity contribution is 6.77. The van der Waals surface area contributed by atoms with Crippen LogP contribution in [-0.4, -0.2) is 80.6 Å². The average molecular weight is 435 g/mol. The van der Waals surface area contributed by atoms with Crippen LogP contribution in [0, 0.1) is 0 Å². The van der Waals surface area contributed by atoms with Crippen LogP contribution in [0.25, 0.3) is 0 Å². The van der Waals surface area contributed by atoms with Crippen molar-refractivity contribution >= 4 is 17.0 Å². The van der Waals surface area contributed by atoms with E-state index in [-0.39, 0.29) is 0 Å². The van der Waals surface area contributed by atoms with Crippen molar-refractivity contribution < 1.29 is 13.3 Å². The molecular formula is C21H50N2O3Si2. The minimum atomic E-state index is -2.43. The van der Waals surface area contributed by atoms with Gasteiger partial charge in [-0.25, -0.2) is 0 Å². The summed E-state index contributed by atoms with van der Waals surface area (Å²) in [6, 6.07) is 4.97. The van der Waals surface area contributed by atoms with E-state index < -0.39 is 17.0 Å². The molecule has 0 amide bonds. The Morgan fingerprint density at radius 2 is 1.11 bits per heavy atom. The third-order valence-electron chi connectivity index (χ3n) is 6.50. The van der Waals surface area contributed by atoms with Crippen LogP contribution in [0.15, 0.2) is 0 Å². The Bertz CT molecular complexity index is 345. The van der Waals surface area contributed by atoms with Gasteiger partial charge in [-0.3, -0.25) is 0 Å². The molecule has 7 heteroatoms. The first kappa shape index (κ1) is 28.2. The molecule has 0 spiro atoms. The standard InChI is InChI=1S/C21H50N2O3Si2/c1-9-16-22(17-10-2)19-20-23(27(11-3,12-4)13-5)18-14-15-21-28(24-6,25-7)26-8/h9-21H2,1-8H3. The van der Waals surface area contributed by atoms with E-state index in [4.69, 9.17) is 13.3 Å². The summed E-state index contributed by atoms with van der Waals surface area (Å²) >= 11 is 0. The molecule has 0 radical (unpaired) electrons. The van der Waals surface area contributed by atoms with Gasteiger partial charge >= 0.3 is 8.80 Å². The third-order valence-corrected chi connectivity index (χ3v) is 15.1. The van der Waals surface area contributed by atoms with Crippen LogP contribution < -0.4 is 0 Å². The highest BCUT2D eigenvalue weighted by Crippen LogP contribution is 2.26. The molecule has 0 bridgehead atoms. The maximum absolute atomic E-state index is 5.59. The van der Waals surface area contributed by atoms with Gasteiger partial charge in [0.25, 0.3) is 0 Å². The molecule has 0 aromatic carbocycles. The second-order valence-corrected chi connectivity index (χ2v) is 16.2. The molecule has 0 aliphatic heterocycles. The first-order chi connectivity index (χ1) is 13.5. The normalized spacial score (nSPS) is 13.1. The van der Waals surface area contributed by atoms with Gasteiger partial charge in [0.1, 0.15) is 8.24 Å². The summed E-state index contributed by atoms with van der Waals surface area (Å²) < 4.78 is 19.7. The summed E-state index contributed by atoms with van der Waals surface area (Å²) in [5.74, 6) is 0. The molecule has 0 saturated carbocycles. The number of rotatable bonds is 19. The van der Waals surface area contributed by atoms with E-state index in [1.807, 2.05) is 0 Å². The largest absolute Gasteiger partial charge is 0.500 e. The maximum Gasteiger partial charge on any atom is 0.500 e. The zero-order chi connectivity index (χ0) is 21.5. The lowest BCUT2D eigenvalue weighted by atomic mass is 10.3. The van der Waals surface area contributed by atoms with E-state index in [2.05, 4.69) is 44.1 Å². The number of nitrogens with zero attached hydrogens (tertiary/aromatic N) is 2. The predicted molar refractivity (Wildman–Crippen MR) is 127 cm³/mol. The summed E-state index contributed by atoms with van der Waals surface area (Å²) in [6.45, 7) is 17.9. The van der Waals surface area contributed by atoms with Gasteiger partial charge in [-0.15, -0.1) is 0 Å². The second kappa shape index (κ2) is 16.0. The van der Waals surface area contributed by atoms with Crippen molar-refractivity contribution in [2.75, 3.05) is 54.1 Å². The van der Waals surface area contributed by atoms with Crippen LogP contribution in [0.3, 0.4) is 0 Å². The predicted octanol–water partition coefficient (Wildman–Crippen LogP) is 5.07. The van der Waals surface area contributed by atoms with Crippen LogP contribution in [0.4, 0.5) is 0 Å². The molecule has 0 N–H and O–H groups in total. The van der Waals surface area contributed by atoms with Crippen molar-refractivity contribution in [2.24, 2.45) is 0 Å². The highest BCUT2D eigenvalue weighted by atomic mass is 28.4. The number of hydrogen-bond acceptors (Lipinski definition) is 5. The van der Waals surface area contributed by atoms with E-state index >= 15 is 0 Å². The van der Waals surface area contributed by atoms with Crippen molar-refractivity contribution in [2.45, 2.75) is 84.5 Å². The van der Waals surface area contributed by atoms with Crippen LogP contribution in [-0.2, 0) is 13.3 Å².